The molecule has 1 rings (SSSR count). The van der Waals surface area contributed by atoms with E-state index in [2.05, 4.69) is 19.3 Å². The number of hydrogen-bond donors (Lipinski definition) is 2. The van der Waals surface area contributed by atoms with E-state index in [4.69, 9.17) is 20.1 Å². The van der Waals surface area contributed by atoms with Gasteiger partial charge in [0.25, 0.3) is 0 Å². The Kier molecular flexibility index (Phi) is 7.32. The molecule has 3 N–H and O–H groups in total. The predicted octanol–water partition coefficient (Wildman–Crippen LogP) is 3.04. The van der Waals surface area contributed by atoms with Gasteiger partial charge in [0, 0.05) is 6.04 Å². The summed E-state index contributed by atoms with van der Waals surface area (Å²) in [7, 11) is 4.84. The standard InChI is InChI=1S/C16H28N2O3/c1-6-11(7-2)8-13(18-17)12-9-14(19-3)16(21-5)15(10-12)20-4/h9-11,13,18H,6-8,17H2,1-5H3. The molecular formula is C16H28N2O3. The Hall–Kier alpha value is -1.46. The van der Waals surface area contributed by atoms with Gasteiger partial charge in [-0.1, -0.05) is 26.7 Å². The summed E-state index contributed by atoms with van der Waals surface area (Å²) in [5.41, 5.74) is 3.95. The molecule has 0 aromatic heterocycles. The lowest BCUT2D eigenvalue weighted by Gasteiger charge is -2.23. The van der Waals surface area contributed by atoms with Crippen molar-refractivity contribution >= 4 is 0 Å². The number of nitrogens with two attached hydrogens (primary N) is 1. The van der Waals surface area contributed by atoms with Crippen LogP contribution in [0.3, 0.4) is 0 Å². The Morgan fingerprint density at radius 1 is 1.00 bits per heavy atom. The van der Waals surface area contributed by atoms with Gasteiger partial charge in [-0.3, -0.25) is 11.3 Å². The highest BCUT2D eigenvalue weighted by Gasteiger charge is 2.20. The molecular weight excluding hydrogens is 268 g/mol. The second-order valence-corrected chi connectivity index (χ2v) is 5.10. The smallest absolute Gasteiger partial charge is 0.203 e. The molecule has 0 aliphatic rings. The van der Waals surface area contributed by atoms with Gasteiger partial charge in [-0.05, 0) is 30.0 Å². The minimum absolute atomic E-state index is 0.0589. The highest BCUT2D eigenvalue weighted by atomic mass is 16.5. The molecule has 0 aliphatic carbocycles. The lowest BCUT2D eigenvalue weighted by Crippen LogP contribution is -2.29. The number of ether oxygens (including phenoxy) is 3. The van der Waals surface area contributed by atoms with Crippen LogP contribution in [0.4, 0.5) is 0 Å². The highest BCUT2D eigenvalue weighted by molar-refractivity contribution is 5.54. The molecule has 0 radical (unpaired) electrons. The fourth-order valence-corrected chi connectivity index (χ4v) is 2.56. The molecule has 1 atom stereocenters. The van der Waals surface area contributed by atoms with E-state index in [0.29, 0.717) is 23.2 Å². The lowest BCUT2D eigenvalue weighted by molar-refractivity contribution is 0.321. The molecule has 0 saturated carbocycles. The van der Waals surface area contributed by atoms with E-state index in [1.807, 2.05) is 12.1 Å². The average molecular weight is 296 g/mol. The minimum Gasteiger partial charge on any atom is -0.493 e. The molecule has 5 heteroatoms. The predicted molar refractivity (Wildman–Crippen MR) is 84.9 cm³/mol. The molecule has 1 aromatic carbocycles. The van der Waals surface area contributed by atoms with Crippen molar-refractivity contribution in [3.63, 3.8) is 0 Å². The van der Waals surface area contributed by atoms with Crippen molar-refractivity contribution in [2.24, 2.45) is 11.8 Å². The molecule has 0 fully saturated rings. The maximum Gasteiger partial charge on any atom is 0.203 e. The third kappa shape index (κ3) is 4.25. The van der Waals surface area contributed by atoms with Crippen LogP contribution in [0.25, 0.3) is 0 Å². The number of hydrogen-bond acceptors (Lipinski definition) is 5. The number of nitrogens with one attached hydrogen (secondary N) is 1. The summed E-state index contributed by atoms with van der Waals surface area (Å²) in [6.07, 6.45) is 3.25. The van der Waals surface area contributed by atoms with Crippen molar-refractivity contribution in [1.82, 2.24) is 5.43 Å². The average Bonchev–Trinajstić information content (AvgIpc) is 2.54. The number of benzene rings is 1. The van der Waals surface area contributed by atoms with E-state index in [9.17, 15) is 0 Å². The second kappa shape index (κ2) is 8.74. The van der Waals surface area contributed by atoms with Crippen LogP contribution in [0.1, 0.15) is 44.7 Å². The van der Waals surface area contributed by atoms with Gasteiger partial charge < -0.3 is 14.2 Å². The molecule has 0 heterocycles. The first-order valence-electron chi connectivity index (χ1n) is 7.41. The number of methoxy groups -OCH3 is 3. The van der Waals surface area contributed by atoms with E-state index in [1.54, 1.807) is 21.3 Å². The third-order valence-electron chi connectivity index (χ3n) is 4.01. The number of rotatable bonds is 9. The maximum atomic E-state index is 5.75. The van der Waals surface area contributed by atoms with Crippen molar-refractivity contribution < 1.29 is 14.2 Å². The first kappa shape index (κ1) is 17.6. The van der Waals surface area contributed by atoms with Crippen LogP contribution in [0.2, 0.25) is 0 Å². The molecule has 5 nitrogen and oxygen atoms in total. The summed E-state index contributed by atoms with van der Waals surface area (Å²) in [4.78, 5) is 0. The fraction of sp³-hybridized carbons (Fsp3) is 0.625. The highest BCUT2D eigenvalue weighted by Crippen LogP contribution is 2.40. The summed E-state index contributed by atoms with van der Waals surface area (Å²) in [5.74, 6) is 8.28. The fourth-order valence-electron chi connectivity index (χ4n) is 2.56. The quantitative estimate of drug-likeness (QED) is 0.541. The Bertz CT molecular complexity index is 409. The van der Waals surface area contributed by atoms with Gasteiger partial charge in [0.1, 0.15) is 0 Å². The molecule has 1 unspecified atom stereocenters. The van der Waals surface area contributed by atoms with Gasteiger partial charge in [-0.2, -0.15) is 0 Å². The van der Waals surface area contributed by atoms with Crippen molar-refractivity contribution in [2.45, 2.75) is 39.2 Å². The SMILES string of the molecule is CCC(CC)CC(NN)c1cc(OC)c(OC)c(OC)c1. The lowest BCUT2D eigenvalue weighted by atomic mass is 9.91. The Balaban J connectivity index is 3.14. The van der Waals surface area contributed by atoms with Crippen LogP contribution < -0.4 is 25.5 Å². The molecule has 0 spiro atoms. The molecule has 120 valence electrons. The van der Waals surface area contributed by atoms with Crippen LogP contribution >= 0.6 is 0 Å². The summed E-state index contributed by atoms with van der Waals surface area (Å²) in [6.45, 7) is 4.41. The maximum absolute atomic E-state index is 5.75. The van der Waals surface area contributed by atoms with Crippen molar-refractivity contribution in [1.29, 1.82) is 0 Å². The topological polar surface area (TPSA) is 65.7 Å². The van der Waals surface area contributed by atoms with E-state index in [0.717, 1.165) is 24.8 Å². The Labute approximate surface area is 127 Å². The van der Waals surface area contributed by atoms with Crippen LogP contribution in [-0.4, -0.2) is 21.3 Å². The Morgan fingerprint density at radius 3 is 1.86 bits per heavy atom. The zero-order valence-corrected chi connectivity index (χ0v) is 13.7. The minimum atomic E-state index is 0.0589. The molecule has 0 saturated heterocycles. The Morgan fingerprint density at radius 2 is 1.52 bits per heavy atom. The summed E-state index contributed by atoms with van der Waals surface area (Å²) >= 11 is 0. The van der Waals surface area contributed by atoms with Gasteiger partial charge >= 0.3 is 0 Å². The van der Waals surface area contributed by atoms with E-state index < -0.39 is 0 Å². The summed E-state index contributed by atoms with van der Waals surface area (Å²) < 4.78 is 16.1. The summed E-state index contributed by atoms with van der Waals surface area (Å²) in [6, 6.07) is 3.96. The van der Waals surface area contributed by atoms with Crippen molar-refractivity contribution in [3.8, 4) is 17.2 Å². The van der Waals surface area contributed by atoms with E-state index in [-0.39, 0.29) is 6.04 Å². The molecule has 0 bridgehead atoms. The third-order valence-corrected chi connectivity index (χ3v) is 4.01. The van der Waals surface area contributed by atoms with E-state index in [1.165, 1.54) is 0 Å². The normalized spacial score (nSPS) is 12.3. The van der Waals surface area contributed by atoms with Crippen molar-refractivity contribution in [3.05, 3.63) is 17.7 Å². The first-order chi connectivity index (χ1) is 10.1. The first-order valence-corrected chi connectivity index (χ1v) is 7.41. The van der Waals surface area contributed by atoms with Crippen LogP contribution in [0.15, 0.2) is 12.1 Å². The second-order valence-electron chi connectivity index (χ2n) is 5.10. The van der Waals surface area contributed by atoms with Crippen LogP contribution in [0, 0.1) is 5.92 Å². The van der Waals surface area contributed by atoms with Crippen LogP contribution in [-0.2, 0) is 0 Å². The zero-order chi connectivity index (χ0) is 15.8. The van der Waals surface area contributed by atoms with Gasteiger partial charge in [0.05, 0.1) is 21.3 Å². The van der Waals surface area contributed by atoms with Crippen molar-refractivity contribution in [2.75, 3.05) is 21.3 Å². The molecule has 0 aliphatic heterocycles. The zero-order valence-electron chi connectivity index (χ0n) is 13.7. The van der Waals surface area contributed by atoms with Gasteiger partial charge in [0.2, 0.25) is 5.75 Å². The van der Waals surface area contributed by atoms with Gasteiger partial charge in [-0.15, -0.1) is 0 Å². The summed E-state index contributed by atoms with van der Waals surface area (Å²) in [5, 5.41) is 0. The molecule has 1 aromatic rings. The number of hydrazine groups is 1. The van der Waals surface area contributed by atoms with Crippen LogP contribution in [0.5, 0.6) is 17.2 Å². The molecule has 0 amide bonds. The van der Waals surface area contributed by atoms with Gasteiger partial charge in [0.15, 0.2) is 11.5 Å². The van der Waals surface area contributed by atoms with Gasteiger partial charge in [-0.25, -0.2) is 0 Å². The largest absolute Gasteiger partial charge is 0.493 e. The molecule has 21 heavy (non-hydrogen) atoms. The monoisotopic (exact) mass is 296 g/mol. The van der Waals surface area contributed by atoms with E-state index >= 15 is 0 Å².